The van der Waals surface area contributed by atoms with Crippen LogP contribution in [0.2, 0.25) is 0 Å². The van der Waals surface area contributed by atoms with Crippen molar-refractivity contribution in [3.8, 4) is 11.1 Å². The molecule has 1 atom stereocenters. The SMILES string of the molecule is CCC(CC(=O)N(C)C1(C(=O)O)CCCCC1)NC(=O)OCC1c2ccccc2-c2ccccc21. The monoisotopic (exact) mass is 478 g/mol. The molecule has 186 valence electrons. The molecule has 0 bridgehead atoms. The van der Waals surface area contributed by atoms with Crippen LogP contribution in [-0.4, -0.2) is 53.2 Å². The second-order valence-corrected chi connectivity index (χ2v) is 9.63. The van der Waals surface area contributed by atoms with E-state index in [9.17, 15) is 19.5 Å². The number of hydrogen-bond donors (Lipinski definition) is 2. The van der Waals surface area contributed by atoms with Crippen LogP contribution in [0.25, 0.3) is 11.1 Å². The zero-order valence-electron chi connectivity index (χ0n) is 20.5. The number of carboxylic acid groups (broad SMARTS) is 1. The lowest BCUT2D eigenvalue weighted by atomic mass is 9.80. The third-order valence-corrected chi connectivity index (χ3v) is 7.67. The first-order chi connectivity index (χ1) is 16.9. The normalized spacial score (nSPS) is 17.1. The third kappa shape index (κ3) is 4.90. The standard InChI is InChI=1S/C28H34N2O5/c1-3-19(17-25(31)30(2)28(26(32)33)15-9-4-10-16-28)29-27(34)35-18-24-22-13-7-5-11-20(22)21-12-6-8-14-23(21)24/h5-8,11-14,19,24H,3-4,9-10,15-18H2,1-2H3,(H,29,34)(H,32,33). The van der Waals surface area contributed by atoms with Crippen LogP contribution in [0.4, 0.5) is 4.79 Å². The second-order valence-electron chi connectivity index (χ2n) is 9.63. The van der Waals surface area contributed by atoms with Crippen LogP contribution in [0.15, 0.2) is 48.5 Å². The molecule has 0 aliphatic heterocycles. The molecule has 0 aromatic heterocycles. The summed E-state index contributed by atoms with van der Waals surface area (Å²) in [5.41, 5.74) is 3.44. The summed E-state index contributed by atoms with van der Waals surface area (Å²) in [5, 5.41) is 12.7. The number of rotatable bonds is 8. The molecule has 1 unspecified atom stereocenters. The number of carbonyl (C=O) groups is 3. The second kappa shape index (κ2) is 10.5. The van der Waals surface area contributed by atoms with Crippen molar-refractivity contribution in [3.63, 3.8) is 0 Å². The highest BCUT2D eigenvalue weighted by Gasteiger charge is 2.45. The molecule has 0 radical (unpaired) electrons. The Hall–Kier alpha value is -3.35. The van der Waals surface area contributed by atoms with Crippen LogP contribution < -0.4 is 5.32 Å². The van der Waals surface area contributed by atoms with Gasteiger partial charge in [-0.1, -0.05) is 74.7 Å². The molecule has 7 heteroatoms. The van der Waals surface area contributed by atoms with Gasteiger partial charge in [0, 0.05) is 25.4 Å². The molecule has 1 fully saturated rings. The lowest BCUT2D eigenvalue weighted by Crippen LogP contribution is -2.57. The summed E-state index contributed by atoms with van der Waals surface area (Å²) < 4.78 is 5.62. The fourth-order valence-electron chi connectivity index (χ4n) is 5.52. The number of likely N-dealkylation sites (N-methyl/N-ethyl adjacent to an activating group) is 1. The van der Waals surface area contributed by atoms with Crippen LogP contribution in [0, 0.1) is 0 Å². The number of nitrogens with zero attached hydrogens (tertiary/aromatic N) is 1. The van der Waals surface area contributed by atoms with Gasteiger partial charge in [0.2, 0.25) is 5.91 Å². The number of hydrogen-bond acceptors (Lipinski definition) is 4. The fourth-order valence-corrected chi connectivity index (χ4v) is 5.52. The van der Waals surface area contributed by atoms with Crippen LogP contribution in [0.5, 0.6) is 0 Å². The molecular weight excluding hydrogens is 444 g/mol. The van der Waals surface area contributed by atoms with E-state index in [2.05, 4.69) is 29.6 Å². The molecule has 4 rings (SSSR count). The molecule has 0 saturated heterocycles. The Bertz CT molecular complexity index is 1050. The molecule has 1 saturated carbocycles. The summed E-state index contributed by atoms with van der Waals surface area (Å²) in [6.45, 7) is 2.08. The summed E-state index contributed by atoms with van der Waals surface area (Å²) in [4.78, 5) is 39.1. The third-order valence-electron chi connectivity index (χ3n) is 7.67. The molecule has 2 aliphatic rings. The average Bonchev–Trinajstić information content (AvgIpc) is 3.20. The van der Waals surface area contributed by atoms with Gasteiger partial charge in [-0.25, -0.2) is 9.59 Å². The maximum atomic E-state index is 13.0. The maximum absolute atomic E-state index is 13.0. The van der Waals surface area contributed by atoms with Gasteiger partial charge >= 0.3 is 12.1 Å². The zero-order valence-corrected chi connectivity index (χ0v) is 20.5. The van der Waals surface area contributed by atoms with Gasteiger partial charge in [0.1, 0.15) is 12.1 Å². The van der Waals surface area contributed by atoms with E-state index in [-0.39, 0.29) is 24.9 Å². The lowest BCUT2D eigenvalue weighted by molar-refractivity contribution is -0.160. The number of carbonyl (C=O) groups excluding carboxylic acids is 2. The molecule has 2 aromatic carbocycles. The van der Waals surface area contributed by atoms with Crippen LogP contribution in [0.1, 0.15) is 68.9 Å². The van der Waals surface area contributed by atoms with Crippen molar-refractivity contribution in [3.05, 3.63) is 59.7 Å². The first kappa shape index (κ1) is 24.8. The van der Waals surface area contributed by atoms with Crippen molar-refractivity contribution < 1.29 is 24.2 Å². The topological polar surface area (TPSA) is 95.9 Å². The van der Waals surface area contributed by atoms with E-state index >= 15 is 0 Å². The van der Waals surface area contributed by atoms with Gasteiger partial charge in [0.05, 0.1) is 0 Å². The van der Waals surface area contributed by atoms with E-state index in [4.69, 9.17) is 4.74 Å². The van der Waals surface area contributed by atoms with Gasteiger partial charge in [0.15, 0.2) is 0 Å². The molecule has 35 heavy (non-hydrogen) atoms. The predicted molar refractivity (Wildman–Crippen MR) is 133 cm³/mol. The Morgan fingerprint density at radius 2 is 1.60 bits per heavy atom. The first-order valence-corrected chi connectivity index (χ1v) is 12.5. The highest BCUT2D eigenvalue weighted by Crippen LogP contribution is 2.44. The van der Waals surface area contributed by atoms with Gasteiger partial charge in [-0.05, 0) is 41.5 Å². The quantitative estimate of drug-likeness (QED) is 0.560. The summed E-state index contributed by atoms with van der Waals surface area (Å²) in [5.74, 6) is -1.27. The number of benzene rings is 2. The van der Waals surface area contributed by atoms with Crippen molar-refractivity contribution >= 4 is 18.0 Å². The number of ether oxygens (including phenoxy) is 1. The van der Waals surface area contributed by atoms with E-state index in [0.29, 0.717) is 19.3 Å². The highest BCUT2D eigenvalue weighted by atomic mass is 16.5. The van der Waals surface area contributed by atoms with Crippen molar-refractivity contribution in [2.45, 2.75) is 69.4 Å². The first-order valence-electron chi connectivity index (χ1n) is 12.5. The van der Waals surface area contributed by atoms with Crippen molar-refractivity contribution in [2.75, 3.05) is 13.7 Å². The highest BCUT2D eigenvalue weighted by molar-refractivity contribution is 5.87. The molecule has 2 N–H and O–H groups in total. The molecule has 2 aromatic rings. The van der Waals surface area contributed by atoms with Crippen LogP contribution in [-0.2, 0) is 14.3 Å². The summed E-state index contributed by atoms with van der Waals surface area (Å²) in [6.07, 6.45) is 3.48. The number of nitrogens with one attached hydrogen (secondary N) is 1. The Morgan fingerprint density at radius 3 is 2.14 bits per heavy atom. The van der Waals surface area contributed by atoms with Crippen molar-refractivity contribution in [2.24, 2.45) is 0 Å². The number of alkyl carbamates (subject to hydrolysis) is 1. The molecular formula is C28H34N2O5. The average molecular weight is 479 g/mol. The Labute approximate surface area is 206 Å². The number of fused-ring (bicyclic) bond motifs is 3. The van der Waals surface area contributed by atoms with Crippen molar-refractivity contribution in [1.29, 1.82) is 0 Å². The fraction of sp³-hybridized carbons (Fsp3) is 0.464. The minimum atomic E-state index is -1.16. The lowest BCUT2D eigenvalue weighted by Gasteiger charge is -2.41. The van der Waals surface area contributed by atoms with Gasteiger partial charge in [-0.15, -0.1) is 0 Å². The van der Waals surface area contributed by atoms with E-state index in [0.717, 1.165) is 41.5 Å². The van der Waals surface area contributed by atoms with Gasteiger partial charge < -0.3 is 20.1 Å². The maximum Gasteiger partial charge on any atom is 0.407 e. The molecule has 2 amide bonds. The smallest absolute Gasteiger partial charge is 0.407 e. The van der Waals surface area contributed by atoms with E-state index in [1.807, 2.05) is 31.2 Å². The van der Waals surface area contributed by atoms with Crippen LogP contribution >= 0.6 is 0 Å². The number of amides is 2. The van der Waals surface area contributed by atoms with Gasteiger partial charge in [0.25, 0.3) is 0 Å². The van der Waals surface area contributed by atoms with E-state index < -0.39 is 23.6 Å². The Kier molecular flexibility index (Phi) is 7.43. The van der Waals surface area contributed by atoms with E-state index in [1.54, 1.807) is 7.05 Å². The molecule has 0 spiro atoms. The minimum absolute atomic E-state index is 0.0340. The molecule has 2 aliphatic carbocycles. The molecule has 7 nitrogen and oxygen atoms in total. The number of carboxylic acids is 1. The minimum Gasteiger partial charge on any atom is -0.479 e. The Balaban J connectivity index is 1.36. The number of aliphatic carboxylic acids is 1. The molecule has 0 heterocycles. The summed E-state index contributed by atoms with van der Waals surface area (Å²) in [6, 6.07) is 15.9. The van der Waals surface area contributed by atoms with Crippen molar-refractivity contribution in [1.82, 2.24) is 10.2 Å². The predicted octanol–water partition coefficient (Wildman–Crippen LogP) is 4.94. The van der Waals surface area contributed by atoms with Gasteiger partial charge in [-0.3, -0.25) is 4.79 Å². The Morgan fingerprint density at radius 1 is 1.03 bits per heavy atom. The van der Waals surface area contributed by atoms with Gasteiger partial charge in [-0.2, -0.15) is 0 Å². The summed E-state index contributed by atoms with van der Waals surface area (Å²) >= 11 is 0. The van der Waals surface area contributed by atoms with Crippen LogP contribution in [0.3, 0.4) is 0 Å². The summed E-state index contributed by atoms with van der Waals surface area (Å²) in [7, 11) is 1.57. The van der Waals surface area contributed by atoms with E-state index in [1.165, 1.54) is 4.90 Å². The zero-order chi connectivity index (χ0) is 25.0. The largest absolute Gasteiger partial charge is 0.479 e.